The molecule has 0 aliphatic carbocycles. The zero-order chi connectivity index (χ0) is 10.8. The number of hydrogen-bond donors (Lipinski definition) is 1. The molecule has 1 aromatic heterocycles. The van der Waals surface area contributed by atoms with E-state index in [2.05, 4.69) is 9.40 Å². The van der Waals surface area contributed by atoms with E-state index < -0.39 is 16.1 Å². The number of amides is 1. The summed E-state index contributed by atoms with van der Waals surface area (Å²) < 4.78 is 29.4. The fourth-order valence-corrected chi connectivity index (χ4v) is 1.07. The van der Waals surface area contributed by atoms with E-state index in [0.717, 1.165) is 10.6 Å². The van der Waals surface area contributed by atoms with E-state index in [1.807, 2.05) is 6.39 Å². The second kappa shape index (κ2) is 3.76. The highest BCUT2D eigenvalue weighted by Gasteiger charge is 2.19. The minimum Gasteiger partial charge on any atom is -0.440 e. The molecule has 0 atom stereocenters. The monoisotopic (exact) mass is 218 g/mol. The van der Waals surface area contributed by atoms with Gasteiger partial charge in [0.15, 0.2) is 5.69 Å². The van der Waals surface area contributed by atoms with E-state index in [0.29, 0.717) is 0 Å². The molecule has 1 N–H and O–H groups in total. The molecule has 0 fully saturated rings. The van der Waals surface area contributed by atoms with Crippen molar-refractivity contribution in [3.8, 4) is 0 Å². The van der Waals surface area contributed by atoms with Crippen LogP contribution >= 0.6 is 0 Å². The Labute approximate surface area is 80.9 Å². The third kappa shape index (κ3) is 2.30. The highest BCUT2D eigenvalue weighted by atomic mass is 32.2. The molecule has 1 amide bonds. The average Bonchev–Trinajstić information content (AvgIpc) is 2.54. The van der Waals surface area contributed by atoms with Crippen LogP contribution in [-0.4, -0.2) is 37.7 Å². The Balaban J connectivity index is 2.77. The number of rotatable bonds is 3. The van der Waals surface area contributed by atoms with Crippen LogP contribution in [0.2, 0.25) is 0 Å². The predicted molar refractivity (Wildman–Crippen MR) is 45.4 cm³/mol. The fraction of sp³-hybridized carbons (Fsp3) is 0.333. The van der Waals surface area contributed by atoms with Gasteiger partial charge in [-0.2, -0.15) is 17.7 Å². The van der Waals surface area contributed by atoms with Gasteiger partial charge in [-0.05, 0) is 0 Å². The van der Waals surface area contributed by atoms with E-state index in [-0.39, 0.29) is 5.69 Å². The molecule has 1 rings (SSSR count). The van der Waals surface area contributed by atoms with Crippen LogP contribution in [0.25, 0.3) is 0 Å². The number of hydrogen-bond acceptors (Lipinski definition) is 5. The van der Waals surface area contributed by atoms with Gasteiger partial charge in [0.1, 0.15) is 6.26 Å². The lowest BCUT2D eigenvalue weighted by atomic mass is 10.5. The highest BCUT2D eigenvalue weighted by molar-refractivity contribution is 7.87. The van der Waals surface area contributed by atoms with Gasteiger partial charge in [-0.15, -0.1) is 0 Å². The summed E-state index contributed by atoms with van der Waals surface area (Å²) in [6, 6.07) is 0. The Morgan fingerprint density at radius 2 is 2.29 bits per heavy atom. The number of nitrogens with one attached hydrogen (secondary N) is 1. The van der Waals surface area contributed by atoms with Crippen LogP contribution in [0, 0.1) is 6.39 Å². The first-order chi connectivity index (χ1) is 6.43. The summed E-state index contributed by atoms with van der Waals surface area (Å²) in [6.07, 6.45) is 3.03. The summed E-state index contributed by atoms with van der Waals surface area (Å²) in [5.41, 5.74) is -0.143. The zero-order valence-corrected chi connectivity index (χ0v) is 8.33. The van der Waals surface area contributed by atoms with Crippen molar-refractivity contribution in [1.82, 2.24) is 14.0 Å². The fourth-order valence-electron chi connectivity index (χ4n) is 0.549. The molecule has 0 saturated heterocycles. The molecule has 1 aromatic rings. The van der Waals surface area contributed by atoms with Gasteiger partial charge in [-0.1, -0.05) is 0 Å². The van der Waals surface area contributed by atoms with Gasteiger partial charge in [-0.25, -0.2) is 4.72 Å². The molecule has 0 bridgehead atoms. The molecule has 0 aromatic carbocycles. The molecule has 1 heterocycles. The molecule has 1 radical (unpaired) electrons. The minimum absolute atomic E-state index is 0.143. The molecule has 77 valence electrons. The Morgan fingerprint density at radius 1 is 1.64 bits per heavy atom. The maximum atomic E-state index is 11.2. The van der Waals surface area contributed by atoms with Crippen LogP contribution in [0.3, 0.4) is 0 Å². The Morgan fingerprint density at radius 3 is 2.71 bits per heavy atom. The lowest BCUT2D eigenvalue weighted by Crippen LogP contribution is -2.39. The molecule has 0 spiro atoms. The van der Waals surface area contributed by atoms with Crippen LogP contribution in [0.5, 0.6) is 0 Å². The van der Waals surface area contributed by atoms with Crippen molar-refractivity contribution in [2.24, 2.45) is 0 Å². The SMILES string of the molecule is CN(C)S(=O)(=O)NC(=O)c1co[c]n1. The molecule has 0 unspecified atom stereocenters. The molecule has 8 heteroatoms. The largest absolute Gasteiger partial charge is 0.440 e. The normalized spacial score (nSPS) is 11.6. The van der Waals surface area contributed by atoms with Crippen molar-refractivity contribution in [2.45, 2.75) is 0 Å². The van der Waals surface area contributed by atoms with E-state index in [1.54, 1.807) is 4.72 Å². The van der Waals surface area contributed by atoms with Gasteiger partial charge in [0.25, 0.3) is 12.3 Å². The summed E-state index contributed by atoms with van der Waals surface area (Å²) in [5, 5.41) is 0. The topological polar surface area (TPSA) is 92.5 Å². The van der Waals surface area contributed by atoms with Crippen molar-refractivity contribution < 1.29 is 17.6 Å². The van der Waals surface area contributed by atoms with Gasteiger partial charge in [-0.3, -0.25) is 4.79 Å². The number of nitrogens with zero attached hydrogens (tertiary/aromatic N) is 2. The smallest absolute Gasteiger partial charge is 0.303 e. The van der Waals surface area contributed by atoms with Gasteiger partial charge in [0.05, 0.1) is 0 Å². The number of carbonyl (C=O) groups excluding carboxylic acids is 1. The zero-order valence-electron chi connectivity index (χ0n) is 7.51. The quantitative estimate of drug-likeness (QED) is 0.703. The Bertz CT molecular complexity index is 408. The molecule has 14 heavy (non-hydrogen) atoms. The van der Waals surface area contributed by atoms with Gasteiger partial charge in [0, 0.05) is 14.1 Å². The van der Waals surface area contributed by atoms with Crippen LogP contribution in [0.4, 0.5) is 0 Å². The van der Waals surface area contributed by atoms with E-state index >= 15 is 0 Å². The van der Waals surface area contributed by atoms with E-state index in [9.17, 15) is 13.2 Å². The van der Waals surface area contributed by atoms with Crippen molar-refractivity contribution in [3.63, 3.8) is 0 Å². The second-order valence-electron chi connectivity index (χ2n) is 2.54. The summed E-state index contributed by atoms with van der Waals surface area (Å²) in [7, 11) is -1.19. The van der Waals surface area contributed by atoms with Crippen LogP contribution in [0.15, 0.2) is 10.7 Å². The first kappa shape index (κ1) is 10.7. The number of carbonyl (C=O) groups is 1. The molecule has 0 saturated carbocycles. The van der Waals surface area contributed by atoms with Crippen LogP contribution in [0.1, 0.15) is 10.5 Å². The van der Waals surface area contributed by atoms with Crippen LogP contribution < -0.4 is 4.72 Å². The van der Waals surface area contributed by atoms with Gasteiger partial charge < -0.3 is 4.42 Å². The Kier molecular flexibility index (Phi) is 2.87. The van der Waals surface area contributed by atoms with Crippen LogP contribution in [-0.2, 0) is 10.2 Å². The standard InChI is InChI=1S/C6H8N3O4S/c1-9(2)14(11,12)8-6(10)5-3-13-4-7-5/h3H,1-2H3,(H,8,10). The van der Waals surface area contributed by atoms with Crippen molar-refractivity contribution >= 4 is 16.1 Å². The summed E-state index contributed by atoms with van der Waals surface area (Å²) in [5.74, 6) is -0.858. The molecular formula is C6H8N3O4S. The first-order valence-electron chi connectivity index (χ1n) is 3.49. The highest BCUT2D eigenvalue weighted by Crippen LogP contribution is 1.96. The third-order valence-electron chi connectivity index (χ3n) is 1.32. The molecule has 7 nitrogen and oxygen atoms in total. The first-order valence-corrected chi connectivity index (χ1v) is 4.93. The lowest BCUT2D eigenvalue weighted by Gasteiger charge is -2.10. The maximum absolute atomic E-state index is 11.2. The number of aromatic nitrogens is 1. The molecular weight excluding hydrogens is 210 g/mol. The third-order valence-corrected chi connectivity index (χ3v) is 2.73. The van der Waals surface area contributed by atoms with Gasteiger partial charge in [0.2, 0.25) is 0 Å². The maximum Gasteiger partial charge on any atom is 0.303 e. The van der Waals surface area contributed by atoms with Crippen molar-refractivity contribution in [3.05, 3.63) is 18.4 Å². The van der Waals surface area contributed by atoms with E-state index in [1.165, 1.54) is 14.1 Å². The minimum atomic E-state index is -3.79. The predicted octanol–water partition coefficient (Wildman–Crippen LogP) is -0.989. The van der Waals surface area contributed by atoms with E-state index in [4.69, 9.17) is 0 Å². The number of oxazole rings is 1. The summed E-state index contributed by atoms with van der Waals surface area (Å²) >= 11 is 0. The summed E-state index contributed by atoms with van der Waals surface area (Å²) in [4.78, 5) is 14.5. The molecule has 0 aliphatic heterocycles. The van der Waals surface area contributed by atoms with Gasteiger partial charge >= 0.3 is 10.2 Å². The average molecular weight is 218 g/mol. The summed E-state index contributed by atoms with van der Waals surface area (Å²) in [6.45, 7) is 0. The Hall–Kier alpha value is -1.41. The lowest BCUT2D eigenvalue weighted by molar-refractivity contribution is 0.0975. The van der Waals surface area contributed by atoms with Crippen molar-refractivity contribution in [2.75, 3.05) is 14.1 Å². The van der Waals surface area contributed by atoms with Crippen molar-refractivity contribution in [1.29, 1.82) is 0 Å². The molecule has 0 aliphatic rings. The second-order valence-corrected chi connectivity index (χ2v) is 4.43.